The normalized spacial score (nSPS) is 26.1. The van der Waals surface area contributed by atoms with Crippen molar-refractivity contribution in [1.29, 1.82) is 0 Å². The molecule has 0 radical (unpaired) electrons. The Morgan fingerprint density at radius 2 is 2.07 bits per heavy atom. The Labute approximate surface area is 92.2 Å². The van der Waals surface area contributed by atoms with Crippen LogP contribution in [0, 0.1) is 24.2 Å². The van der Waals surface area contributed by atoms with Crippen molar-refractivity contribution in [1.82, 2.24) is 10.2 Å². The molecule has 1 heterocycles. The fourth-order valence-corrected chi connectivity index (χ4v) is 2.22. The molecule has 0 spiro atoms. The third kappa shape index (κ3) is 3.93. The minimum absolute atomic E-state index is 0.170. The SMILES string of the molecule is C#CCNCC(=O)N1CC(C)CC(C)C1. The third-order valence-electron chi connectivity index (χ3n) is 2.72. The van der Waals surface area contributed by atoms with Gasteiger partial charge in [-0.25, -0.2) is 0 Å². The molecule has 1 aliphatic rings. The van der Waals surface area contributed by atoms with Crippen LogP contribution in [-0.2, 0) is 4.79 Å². The highest BCUT2D eigenvalue weighted by Gasteiger charge is 2.24. The summed E-state index contributed by atoms with van der Waals surface area (Å²) in [5.41, 5.74) is 0. The first-order chi connectivity index (χ1) is 7.13. The first-order valence-electron chi connectivity index (χ1n) is 5.55. The van der Waals surface area contributed by atoms with Gasteiger partial charge in [-0.15, -0.1) is 6.42 Å². The maximum absolute atomic E-state index is 11.8. The zero-order valence-electron chi connectivity index (χ0n) is 9.62. The quantitative estimate of drug-likeness (QED) is 0.547. The van der Waals surface area contributed by atoms with Gasteiger partial charge in [0.1, 0.15) is 0 Å². The largest absolute Gasteiger partial charge is 0.341 e. The van der Waals surface area contributed by atoms with Crippen LogP contribution in [0.2, 0.25) is 0 Å². The van der Waals surface area contributed by atoms with Crippen molar-refractivity contribution in [3.05, 3.63) is 0 Å². The third-order valence-corrected chi connectivity index (χ3v) is 2.72. The summed E-state index contributed by atoms with van der Waals surface area (Å²) in [6, 6.07) is 0. The summed E-state index contributed by atoms with van der Waals surface area (Å²) >= 11 is 0. The molecule has 1 rings (SSSR count). The van der Waals surface area contributed by atoms with E-state index in [1.165, 1.54) is 6.42 Å². The van der Waals surface area contributed by atoms with Gasteiger partial charge in [0.25, 0.3) is 0 Å². The number of hydrogen-bond donors (Lipinski definition) is 1. The molecule has 84 valence electrons. The summed E-state index contributed by atoms with van der Waals surface area (Å²) in [7, 11) is 0. The van der Waals surface area contributed by atoms with Gasteiger partial charge in [-0.3, -0.25) is 10.1 Å². The molecule has 1 aliphatic heterocycles. The van der Waals surface area contributed by atoms with E-state index < -0.39 is 0 Å². The van der Waals surface area contributed by atoms with Gasteiger partial charge in [0.2, 0.25) is 5.91 Å². The molecule has 2 atom stereocenters. The minimum Gasteiger partial charge on any atom is -0.341 e. The molecule has 1 fully saturated rings. The van der Waals surface area contributed by atoms with Crippen LogP contribution in [0.15, 0.2) is 0 Å². The molecular weight excluding hydrogens is 188 g/mol. The van der Waals surface area contributed by atoms with Crippen LogP contribution in [0.1, 0.15) is 20.3 Å². The fraction of sp³-hybridized carbons (Fsp3) is 0.750. The highest BCUT2D eigenvalue weighted by atomic mass is 16.2. The number of terminal acetylenes is 1. The van der Waals surface area contributed by atoms with Crippen molar-refractivity contribution in [3.63, 3.8) is 0 Å². The molecule has 3 nitrogen and oxygen atoms in total. The highest BCUT2D eigenvalue weighted by molar-refractivity contribution is 5.78. The lowest BCUT2D eigenvalue weighted by molar-refractivity contribution is -0.132. The van der Waals surface area contributed by atoms with Crippen LogP contribution >= 0.6 is 0 Å². The van der Waals surface area contributed by atoms with Gasteiger partial charge >= 0.3 is 0 Å². The van der Waals surface area contributed by atoms with E-state index >= 15 is 0 Å². The van der Waals surface area contributed by atoms with Crippen LogP contribution in [-0.4, -0.2) is 37.0 Å². The minimum atomic E-state index is 0.170. The maximum Gasteiger partial charge on any atom is 0.236 e. The smallest absolute Gasteiger partial charge is 0.236 e. The van der Waals surface area contributed by atoms with Gasteiger partial charge < -0.3 is 4.90 Å². The van der Waals surface area contributed by atoms with E-state index in [2.05, 4.69) is 25.1 Å². The van der Waals surface area contributed by atoms with E-state index in [0.717, 1.165) is 13.1 Å². The number of amides is 1. The number of hydrogen-bond acceptors (Lipinski definition) is 2. The zero-order chi connectivity index (χ0) is 11.3. The topological polar surface area (TPSA) is 32.3 Å². The molecule has 2 unspecified atom stereocenters. The highest BCUT2D eigenvalue weighted by Crippen LogP contribution is 2.20. The van der Waals surface area contributed by atoms with E-state index in [1.807, 2.05) is 4.90 Å². The van der Waals surface area contributed by atoms with E-state index in [9.17, 15) is 4.79 Å². The molecule has 1 N–H and O–H groups in total. The molecule has 0 bridgehead atoms. The number of piperidine rings is 1. The van der Waals surface area contributed by atoms with Gasteiger partial charge in [0.05, 0.1) is 13.1 Å². The summed E-state index contributed by atoms with van der Waals surface area (Å²) < 4.78 is 0. The molecule has 15 heavy (non-hydrogen) atoms. The second kappa shape index (κ2) is 5.77. The lowest BCUT2D eigenvalue weighted by atomic mass is 9.92. The molecule has 3 heteroatoms. The van der Waals surface area contributed by atoms with E-state index in [-0.39, 0.29) is 5.91 Å². The number of carbonyl (C=O) groups is 1. The molecular formula is C12H20N2O. The molecule has 1 saturated heterocycles. The standard InChI is InChI=1S/C12H20N2O/c1-4-5-13-7-12(15)14-8-10(2)6-11(3)9-14/h1,10-11,13H,5-9H2,2-3H3. The van der Waals surface area contributed by atoms with Crippen LogP contribution in [0.25, 0.3) is 0 Å². The first kappa shape index (κ1) is 12.1. The van der Waals surface area contributed by atoms with Gasteiger partial charge in [-0.05, 0) is 18.3 Å². The Balaban J connectivity index is 2.35. The summed E-state index contributed by atoms with van der Waals surface area (Å²) in [5, 5.41) is 2.93. The summed E-state index contributed by atoms with van der Waals surface area (Å²) in [4.78, 5) is 13.7. The molecule has 0 aromatic carbocycles. The number of carbonyl (C=O) groups excluding carboxylic acids is 1. The molecule has 0 aromatic rings. The summed E-state index contributed by atoms with van der Waals surface area (Å²) in [6.45, 7) is 7.01. The van der Waals surface area contributed by atoms with Crippen molar-refractivity contribution < 1.29 is 4.79 Å². The Bertz CT molecular complexity index is 247. The van der Waals surface area contributed by atoms with Crippen LogP contribution in [0.4, 0.5) is 0 Å². The average molecular weight is 208 g/mol. The summed E-state index contributed by atoms with van der Waals surface area (Å²) in [6.07, 6.45) is 6.32. The average Bonchev–Trinajstić information content (AvgIpc) is 2.16. The van der Waals surface area contributed by atoms with E-state index in [1.54, 1.807) is 0 Å². The predicted octanol–water partition coefficient (Wildman–Crippen LogP) is 0.714. The van der Waals surface area contributed by atoms with E-state index in [0.29, 0.717) is 24.9 Å². The fourth-order valence-electron chi connectivity index (χ4n) is 2.22. The van der Waals surface area contributed by atoms with E-state index in [4.69, 9.17) is 6.42 Å². The van der Waals surface area contributed by atoms with Crippen molar-refractivity contribution in [2.45, 2.75) is 20.3 Å². The van der Waals surface area contributed by atoms with Crippen LogP contribution in [0.3, 0.4) is 0 Å². The van der Waals surface area contributed by atoms with Crippen molar-refractivity contribution in [2.75, 3.05) is 26.2 Å². The molecule has 0 aromatic heterocycles. The number of nitrogens with zero attached hydrogens (tertiary/aromatic N) is 1. The Hall–Kier alpha value is -1.01. The van der Waals surface area contributed by atoms with Gasteiger partial charge in [-0.2, -0.15) is 0 Å². The van der Waals surface area contributed by atoms with Gasteiger partial charge in [0, 0.05) is 13.1 Å². The zero-order valence-corrected chi connectivity index (χ0v) is 9.62. The molecule has 1 amide bonds. The Morgan fingerprint density at radius 3 is 2.60 bits per heavy atom. The summed E-state index contributed by atoms with van der Waals surface area (Å²) in [5.74, 6) is 3.86. The monoisotopic (exact) mass is 208 g/mol. The second-order valence-electron chi connectivity index (χ2n) is 4.55. The predicted molar refractivity (Wildman–Crippen MR) is 61.2 cm³/mol. The van der Waals surface area contributed by atoms with Crippen molar-refractivity contribution in [3.8, 4) is 12.3 Å². The Morgan fingerprint density at radius 1 is 1.47 bits per heavy atom. The first-order valence-corrected chi connectivity index (χ1v) is 5.55. The van der Waals surface area contributed by atoms with Gasteiger partial charge in [0.15, 0.2) is 0 Å². The lowest BCUT2D eigenvalue weighted by Gasteiger charge is -2.35. The Kier molecular flexibility index (Phi) is 4.64. The van der Waals surface area contributed by atoms with Crippen molar-refractivity contribution in [2.24, 2.45) is 11.8 Å². The van der Waals surface area contributed by atoms with Crippen LogP contribution in [0.5, 0.6) is 0 Å². The molecule has 0 saturated carbocycles. The van der Waals surface area contributed by atoms with Crippen LogP contribution < -0.4 is 5.32 Å². The maximum atomic E-state index is 11.8. The second-order valence-corrected chi connectivity index (χ2v) is 4.55. The van der Waals surface area contributed by atoms with Gasteiger partial charge in [-0.1, -0.05) is 19.8 Å². The number of likely N-dealkylation sites (tertiary alicyclic amines) is 1. The number of nitrogens with one attached hydrogen (secondary N) is 1. The molecule has 0 aliphatic carbocycles. The lowest BCUT2D eigenvalue weighted by Crippen LogP contribution is -2.46. The number of rotatable bonds is 3. The van der Waals surface area contributed by atoms with Crippen molar-refractivity contribution >= 4 is 5.91 Å².